The summed E-state index contributed by atoms with van der Waals surface area (Å²) in [4.78, 5) is 26.2. The van der Waals surface area contributed by atoms with E-state index in [4.69, 9.17) is 5.73 Å². The molecule has 4 nitrogen and oxygen atoms in total. The van der Waals surface area contributed by atoms with E-state index in [9.17, 15) is 9.59 Å². The van der Waals surface area contributed by atoms with Crippen LogP contribution in [-0.4, -0.2) is 11.6 Å². The molecule has 0 radical (unpaired) electrons. The van der Waals surface area contributed by atoms with E-state index in [0.717, 1.165) is 16.5 Å². The van der Waals surface area contributed by atoms with E-state index in [-0.39, 0.29) is 17.1 Å². The van der Waals surface area contributed by atoms with Gasteiger partial charge in [-0.2, -0.15) is 0 Å². The monoisotopic (exact) mass is 364 g/mol. The molecule has 1 aliphatic rings. The van der Waals surface area contributed by atoms with Gasteiger partial charge in [0, 0.05) is 22.5 Å². The van der Waals surface area contributed by atoms with Crippen LogP contribution in [0.3, 0.4) is 0 Å². The van der Waals surface area contributed by atoms with Crippen molar-refractivity contribution < 1.29 is 9.59 Å². The second kappa shape index (κ2) is 6.06. The van der Waals surface area contributed by atoms with Crippen LogP contribution in [0, 0.1) is 0 Å². The van der Waals surface area contributed by atoms with Gasteiger partial charge in [-0.3, -0.25) is 9.59 Å². The smallest absolute Gasteiger partial charge is 0.196 e. The van der Waals surface area contributed by atoms with Crippen LogP contribution in [0.2, 0.25) is 0 Å². The molecule has 0 bridgehead atoms. The Bertz CT molecular complexity index is 1290. The third kappa shape index (κ3) is 2.39. The Balaban J connectivity index is 1.65. The molecule has 4 aromatic carbocycles. The molecule has 4 aromatic rings. The highest BCUT2D eigenvalue weighted by atomic mass is 16.1. The molecule has 0 aliphatic heterocycles. The van der Waals surface area contributed by atoms with Crippen LogP contribution < -0.4 is 11.1 Å². The first-order valence-electron chi connectivity index (χ1n) is 9.00. The maximum atomic E-state index is 13.2. The molecule has 3 N–H and O–H groups in total. The van der Waals surface area contributed by atoms with Gasteiger partial charge < -0.3 is 11.1 Å². The molecule has 0 fully saturated rings. The quantitative estimate of drug-likeness (QED) is 0.435. The molecule has 0 aromatic heterocycles. The van der Waals surface area contributed by atoms with Gasteiger partial charge >= 0.3 is 0 Å². The fourth-order valence-corrected chi connectivity index (χ4v) is 3.77. The summed E-state index contributed by atoms with van der Waals surface area (Å²) in [7, 11) is 0. The van der Waals surface area contributed by atoms with Crippen LogP contribution in [0.15, 0.2) is 78.9 Å². The van der Waals surface area contributed by atoms with E-state index >= 15 is 0 Å². The van der Waals surface area contributed by atoms with Crippen molar-refractivity contribution in [1.29, 1.82) is 0 Å². The molecule has 1 aliphatic carbocycles. The minimum atomic E-state index is -0.218. The molecule has 0 unspecified atom stereocenters. The number of nitrogen functional groups attached to an aromatic ring is 1. The topological polar surface area (TPSA) is 72.2 Å². The van der Waals surface area contributed by atoms with Crippen LogP contribution in [0.4, 0.5) is 17.1 Å². The Morgan fingerprint density at radius 3 is 2.04 bits per heavy atom. The van der Waals surface area contributed by atoms with Gasteiger partial charge in [0.25, 0.3) is 0 Å². The van der Waals surface area contributed by atoms with Gasteiger partial charge in [-0.1, -0.05) is 54.6 Å². The van der Waals surface area contributed by atoms with E-state index in [1.165, 1.54) is 0 Å². The normalized spacial score (nSPS) is 12.6. The number of nitrogens with two attached hydrogens (primary N) is 1. The van der Waals surface area contributed by atoms with E-state index in [2.05, 4.69) is 5.32 Å². The van der Waals surface area contributed by atoms with E-state index < -0.39 is 0 Å². The Morgan fingerprint density at radius 1 is 0.643 bits per heavy atom. The lowest BCUT2D eigenvalue weighted by molar-refractivity contribution is 0.0980. The van der Waals surface area contributed by atoms with Crippen LogP contribution >= 0.6 is 0 Å². The van der Waals surface area contributed by atoms with Crippen molar-refractivity contribution in [2.24, 2.45) is 0 Å². The minimum Gasteiger partial charge on any atom is -0.398 e. The molecule has 0 atom stereocenters. The summed E-state index contributed by atoms with van der Waals surface area (Å²) in [5.41, 5.74) is 9.22. The standard InChI is InChI=1S/C24H16N2O2/c25-19-11-12-20(26-16-10-9-14-5-1-2-6-15(14)13-16)22-21(19)23(27)17-7-3-4-8-18(17)24(22)28/h1-13,26H,25H2. The van der Waals surface area contributed by atoms with E-state index in [0.29, 0.717) is 28.1 Å². The van der Waals surface area contributed by atoms with E-state index in [1.54, 1.807) is 36.4 Å². The predicted octanol–water partition coefficient (Wildman–Crippen LogP) is 4.94. The SMILES string of the molecule is Nc1ccc(Nc2ccc3ccccc3c2)c2c1C(=O)c1ccccc1C2=O. The number of fused-ring (bicyclic) bond motifs is 3. The van der Waals surface area contributed by atoms with Gasteiger partial charge in [-0.15, -0.1) is 0 Å². The summed E-state index contributed by atoms with van der Waals surface area (Å²) < 4.78 is 0. The first-order chi connectivity index (χ1) is 13.6. The summed E-state index contributed by atoms with van der Waals surface area (Å²) in [6, 6.07) is 24.3. The Labute approximate surface area is 161 Å². The summed E-state index contributed by atoms with van der Waals surface area (Å²) in [6.07, 6.45) is 0. The van der Waals surface area contributed by atoms with Crippen molar-refractivity contribution in [2.75, 3.05) is 11.1 Å². The zero-order valence-electron chi connectivity index (χ0n) is 14.9. The first-order valence-corrected chi connectivity index (χ1v) is 9.00. The van der Waals surface area contributed by atoms with Crippen molar-refractivity contribution in [3.05, 3.63) is 101 Å². The number of hydrogen-bond acceptors (Lipinski definition) is 4. The molecular weight excluding hydrogens is 348 g/mol. The highest BCUT2D eigenvalue weighted by molar-refractivity contribution is 6.31. The largest absolute Gasteiger partial charge is 0.398 e. The average molecular weight is 364 g/mol. The number of ketones is 2. The van der Waals surface area contributed by atoms with Crippen LogP contribution in [-0.2, 0) is 0 Å². The fourth-order valence-electron chi connectivity index (χ4n) is 3.77. The Morgan fingerprint density at radius 2 is 1.29 bits per heavy atom. The lowest BCUT2D eigenvalue weighted by Gasteiger charge is -2.22. The number of benzene rings is 4. The van der Waals surface area contributed by atoms with Gasteiger partial charge in [0.2, 0.25) is 0 Å². The molecule has 0 spiro atoms. The number of rotatable bonds is 2. The van der Waals surface area contributed by atoms with Gasteiger partial charge in [0.1, 0.15) is 0 Å². The molecular formula is C24H16N2O2. The summed E-state index contributed by atoms with van der Waals surface area (Å²) >= 11 is 0. The van der Waals surface area contributed by atoms with Gasteiger partial charge in [-0.05, 0) is 35.0 Å². The summed E-state index contributed by atoms with van der Waals surface area (Å²) in [5.74, 6) is -0.411. The number of carbonyl (C=O) groups excluding carboxylic acids is 2. The van der Waals surface area contributed by atoms with Crippen molar-refractivity contribution in [3.8, 4) is 0 Å². The summed E-state index contributed by atoms with van der Waals surface area (Å²) in [5, 5.41) is 5.52. The minimum absolute atomic E-state index is 0.194. The number of hydrogen-bond donors (Lipinski definition) is 2. The van der Waals surface area contributed by atoms with Crippen LogP contribution in [0.25, 0.3) is 10.8 Å². The molecule has 5 rings (SSSR count). The van der Waals surface area contributed by atoms with Crippen molar-refractivity contribution in [2.45, 2.75) is 0 Å². The molecule has 134 valence electrons. The van der Waals surface area contributed by atoms with Gasteiger partial charge in [-0.25, -0.2) is 0 Å². The maximum Gasteiger partial charge on any atom is 0.196 e. The third-order valence-electron chi connectivity index (χ3n) is 5.14. The molecule has 0 saturated carbocycles. The molecule has 0 saturated heterocycles. The zero-order chi connectivity index (χ0) is 19.3. The third-order valence-corrected chi connectivity index (χ3v) is 5.14. The van der Waals surface area contributed by atoms with Crippen LogP contribution in [0.5, 0.6) is 0 Å². The molecule has 0 amide bonds. The lowest BCUT2D eigenvalue weighted by Crippen LogP contribution is -2.23. The summed E-state index contributed by atoms with van der Waals surface area (Å²) in [6.45, 7) is 0. The van der Waals surface area contributed by atoms with Gasteiger partial charge in [0.05, 0.1) is 16.8 Å². The lowest BCUT2D eigenvalue weighted by atomic mass is 9.82. The molecule has 0 heterocycles. The Hall–Kier alpha value is -3.92. The molecule has 28 heavy (non-hydrogen) atoms. The van der Waals surface area contributed by atoms with Crippen molar-refractivity contribution in [3.63, 3.8) is 0 Å². The first kappa shape index (κ1) is 16.3. The average Bonchev–Trinajstić information content (AvgIpc) is 2.73. The van der Waals surface area contributed by atoms with Crippen molar-refractivity contribution in [1.82, 2.24) is 0 Å². The van der Waals surface area contributed by atoms with Gasteiger partial charge in [0.15, 0.2) is 11.6 Å². The fraction of sp³-hybridized carbons (Fsp3) is 0. The highest BCUT2D eigenvalue weighted by Crippen LogP contribution is 2.36. The van der Waals surface area contributed by atoms with E-state index in [1.807, 2.05) is 42.5 Å². The van der Waals surface area contributed by atoms with Crippen molar-refractivity contribution >= 4 is 39.4 Å². The second-order valence-corrected chi connectivity index (χ2v) is 6.84. The zero-order valence-corrected chi connectivity index (χ0v) is 14.9. The Kier molecular flexibility index (Phi) is 3.52. The molecule has 4 heteroatoms. The number of carbonyl (C=O) groups is 2. The number of nitrogens with one attached hydrogen (secondary N) is 1. The number of anilines is 3. The predicted molar refractivity (Wildman–Crippen MR) is 111 cm³/mol. The second-order valence-electron chi connectivity index (χ2n) is 6.84. The highest BCUT2D eigenvalue weighted by Gasteiger charge is 2.33. The van der Waals surface area contributed by atoms with Crippen LogP contribution in [0.1, 0.15) is 31.8 Å². The maximum absolute atomic E-state index is 13.2.